The standard InChI is InChI=1S/C20H25N3O3Si/c1-27(2,3)26-15-19(12-16-7-5-4-6-8-16)22-14-18-11-17(13-21)9-10-20(18)23(24)25/h4-11,19,22H,12,14-15H2,1-3H3/t19-/m1/s1. The Hall–Kier alpha value is -2.53. The lowest BCUT2D eigenvalue weighted by molar-refractivity contribution is -0.385. The zero-order valence-corrected chi connectivity index (χ0v) is 16.9. The molecule has 0 radical (unpaired) electrons. The minimum Gasteiger partial charge on any atom is -0.416 e. The molecule has 0 aromatic heterocycles. The van der Waals surface area contributed by atoms with E-state index >= 15 is 0 Å². The monoisotopic (exact) mass is 383 g/mol. The van der Waals surface area contributed by atoms with E-state index in [2.05, 4.69) is 37.1 Å². The summed E-state index contributed by atoms with van der Waals surface area (Å²) in [7, 11) is -1.68. The van der Waals surface area contributed by atoms with E-state index in [1.807, 2.05) is 24.3 Å². The van der Waals surface area contributed by atoms with E-state index in [1.165, 1.54) is 17.7 Å². The molecule has 0 spiro atoms. The zero-order valence-electron chi connectivity index (χ0n) is 15.9. The molecule has 0 amide bonds. The minimum absolute atomic E-state index is 0.0180. The number of nitrogens with one attached hydrogen (secondary N) is 1. The van der Waals surface area contributed by atoms with Gasteiger partial charge in [-0.05, 0) is 43.8 Å². The summed E-state index contributed by atoms with van der Waals surface area (Å²) in [5.41, 5.74) is 2.11. The van der Waals surface area contributed by atoms with Crippen LogP contribution >= 0.6 is 0 Å². The van der Waals surface area contributed by atoms with Gasteiger partial charge < -0.3 is 9.74 Å². The molecule has 1 N–H and O–H groups in total. The first-order valence-electron chi connectivity index (χ1n) is 8.87. The van der Waals surface area contributed by atoms with E-state index in [0.29, 0.717) is 24.3 Å². The van der Waals surface area contributed by atoms with Crippen LogP contribution in [0.2, 0.25) is 19.6 Å². The number of nitro benzene ring substituents is 1. The summed E-state index contributed by atoms with van der Waals surface area (Å²) < 4.78 is 6.06. The molecule has 2 rings (SSSR count). The normalized spacial score (nSPS) is 12.4. The van der Waals surface area contributed by atoms with Crippen molar-refractivity contribution in [3.05, 3.63) is 75.3 Å². The van der Waals surface area contributed by atoms with Crippen molar-refractivity contribution in [2.24, 2.45) is 0 Å². The summed E-state index contributed by atoms with van der Waals surface area (Å²) in [5.74, 6) is 0. The van der Waals surface area contributed by atoms with Gasteiger partial charge in [0.15, 0.2) is 8.32 Å². The topological polar surface area (TPSA) is 88.2 Å². The number of hydrogen-bond donors (Lipinski definition) is 1. The molecule has 142 valence electrons. The van der Waals surface area contributed by atoms with Crippen molar-refractivity contribution in [3.8, 4) is 6.07 Å². The van der Waals surface area contributed by atoms with Crippen LogP contribution in [0.4, 0.5) is 5.69 Å². The number of nitro groups is 1. The maximum absolute atomic E-state index is 11.3. The van der Waals surface area contributed by atoms with E-state index in [-0.39, 0.29) is 11.7 Å². The fraction of sp³-hybridized carbons (Fsp3) is 0.350. The molecule has 6 nitrogen and oxygen atoms in total. The summed E-state index contributed by atoms with van der Waals surface area (Å²) in [6.07, 6.45) is 0.761. The summed E-state index contributed by atoms with van der Waals surface area (Å²) in [6, 6.07) is 16.6. The number of nitrogens with zero attached hydrogens (tertiary/aromatic N) is 2. The van der Waals surface area contributed by atoms with E-state index in [9.17, 15) is 10.1 Å². The molecule has 0 heterocycles. The van der Waals surface area contributed by atoms with Gasteiger partial charge in [-0.1, -0.05) is 30.3 Å². The lowest BCUT2D eigenvalue weighted by Crippen LogP contribution is -2.39. The predicted molar refractivity (Wildman–Crippen MR) is 108 cm³/mol. The first-order chi connectivity index (χ1) is 12.8. The SMILES string of the molecule is C[Si](C)(C)OC[C@@H](Cc1ccccc1)NCc1cc(C#N)ccc1[N+](=O)[O-]. The second-order valence-electron chi connectivity index (χ2n) is 7.40. The third-order valence-electron chi connectivity index (χ3n) is 4.03. The fourth-order valence-corrected chi connectivity index (χ4v) is 3.37. The minimum atomic E-state index is -1.68. The zero-order chi connectivity index (χ0) is 19.9. The smallest absolute Gasteiger partial charge is 0.273 e. The Balaban J connectivity index is 2.15. The first-order valence-corrected chi connectivity index (χ1v) is 12.3. The second-order valence-corrected chi connectivity index (χ2v) is 11.9. The van der Waals surface area contributed by atoms with Crippen molar-refractivity contribution in [2.45, 2.75) is 38.6 Å². The van der Waals surface area contributed by atoms with Crippen molar-refractivity contribution < 1.29 is 9.35 Å². The van der Waals surface area contributed by atoms with Gasteiger partial charge in [-0.2, -0.15) is 5.26 Å². The van der Waals surface area contributed by atoms with E-state index < -0.39 is 13.2 Å². The van der Waals surface area contributed by atoms with Crippen molar-refractivity contribution in [2.75, 3.05) is 6.61 Å². The molecule has 0 aliphatic rings. The van der Waals surface area contributed by atoms with Crippen LogP contribution in [0, 0.1) is 21.4 Å². The van der Waals surface area contributed by atoms with Crippen molar-refractivity contribution >= 4 is 14.0 Å². The average Bonchev–Trinajstić information content (AvgIpc) is 2.63. The molecular weight excluding hydrogens is 358 g/mol. The van der Waals surface area contributed by atoms with E-state index in [1.54, 1.807) is 6.07 Å². The van der Waals surface area contributed by atoms with Gasteiger partial charge in [-0.25, -0.2) is 0 Å². The van der Waals surface area contributed by atoms with Crippen LogP contribution in [0.1, 0.15) is 16.7 Å². The van der Waals surface area contributed by atoms with Crippen molar-refractivity contribution in [1.82, 2.24) is 5.32 Å². The van der Waals surface area contributed by atoms with Crippen molar-refractivity contribution in [1.29, 1.82) is 5.26 Å². The lowest BCUT2D eigenvalue weighted by Gasteiger charge is -2.24. The van der Waals surface area contributed by atoms with Gasteiger partial charge in [0, 0.05) is 30.8 Å². The Labute approximate surface area is 161 Å². The van der Waals surface area contributed by atoms with E-state index in [4.69, 9.17) is 9.69 Å². The van der Waals surface area contributed by atoms with Gasteiger partial charge >= 0.3 is 0 Å². The Bertz CT molecular complexity index is 813. The molecule has 0 saturated heterocycles. The molecular formula is C20H25N3O3Si. The van der Waals surface area contributed by atoms with Crippen LogP contribution in [0.3, 0.4) is 0 Å². The molecule has 2 aromatic rings. The highest BCUT2D eigenvalue weighted by molar-refractivity contribution is 6.69. The van der Waals surface area contributed by atoms with Gasteiger partial charge in [0.05, 0.1) is 16.6 Å². The van der Waals surface area contributed by atoms with Gasteiger partial charge in [0.25, 0.3) is 5.69 Å². The lowest BCUT2D eigenvalue weighted by atomic mass is 10.1. The molecule has 7 heteroatoms. The van der Waals surface area contributed by atoms with Crippen LogP contribution in [0.5, 0.6) is 0 Å². The summed E-state index contributed by atoms with van der Waals surface area (Å²) in [5, 5.41) is 23.8. The molecule has 0 saturated carbocycles. The van der Waals surface area contributed by atoms with Crippen LogP contribution < -0.4 is 5.32 Å². The summed E-state index contributed by atoms with van der Waals surface area (Å²) in [6.45, 7) is 7.24. The Morgan fingerprint density at radius 2 is 1.93 bits per heavy atom. The van der Waals surface area contributed by atoms with Crippen LogP contribution in [0.15, 0.2) is 48.5 Å². The highest BCUT2D eigenvalue weighted by atomic mass is 28.4. The number of hydrogen-bond acceptors (Lipinski definition) is 5. The average molecular weight is 384 g/mol. The van der Waals surface area contributed by atoms with Gasteiger partial charge in [0.2, 0.25) is 0 Å². The highest BCUT2D eigenvalue weighted by Crippen LogP contribution is 2.20. The van der Waals surface area contributed by atoms with Gasteiger partial charge in [-0.15, -0.1) is 0 Å². The van der Waals surface area contributed by atoms with Crippen LogP contribution in [0.25, 0.3) is 0 Å². The number of rotatable bonds is 9. The number of nitriles is 1. The molecule has 27 heavy (non-hydrogen) atoms. The maximum Gasteiger partial charge on any atom is 0.273 e. The number of benzene rings is 2. The quantitative estimate of drug-likeness (QED) is 0.401. The van der Waals surface area contributed by atoms with Gasteiger partial charge in [0.1, 0.15) is 0 Å². The molecule has 0 fully saturated rings. The van der Waals surface area contributed by atoms with Gasteiger partial charge in [-0.3, -0.25) is 10.1 Å². The largest absolute Gasteiger partial charge is 0.416 e. The Morgan fingerprint density at radius 3 is 2.52 bits per heavy atom. The third kappa shape index (κ3) is 6.94. The first kappa shape index (κ1) is 20.8. The predicted octanol–water partition coefficient (Wildman–Crippen LogP) is 4.02. The molecule has 0 aliphatic heterocycles. The molecule has 2 aromatic carbocycles. The maximum atomic E-state index is 11.3. The second kappa shape index (κ2) is 9.42. The summed E-state index contributed by atoms with van der Waals surface area (Å²) >= 11 is 0. The van der Waals surface area contributed by atoms with Crippen LogP contribution in [-0.2, 0) is 17.4 Å². The fourth-order valence-electron chi connectivity index (χ4n) is 2.67. The molecule has 0 unspecified atom stereocenters. The highest BCUT2D eigenvalue weighted by Gasteiger charge is 2.20. The Morgan fingerprint density at radius 1 is 1.22 bits per heavy atom. The summed E-state index contributed by atoms with van der Waals surface area (Å²) in [4.78, 5) is 10.9. The molecule has 0 bridgehead atoms. The molecule has 0 aliphatic carbocycles. The third-order valence-corrected chi connectivity index (χ3v) is 5.06. The van der Waals surface area contributed by atoms with E-state index in [0.717, 1.165) is 6.42 Å². The molecule has 1 atom stereocenters. The van der Waals surface area contributed by atoms with Crippen LogP contribution in [-0.4, -0.2) is 25.9 Å². The van der Waals surface area contributed by atoms with Crippen molar-refractivity contribution in [3.63, 3.8) is 0 Å². The Kier molecular flexibility index (Phi) is 7.25.